The molecule has 1 atom stereocenters. The van der Waals surface area contributed by atoms with Gasteiger partial charge in [0.05, 0.1) is 6.26 Å². The molecule has 0 saturated carbocycles. The second kappa shape index (κ2) is 6.85. The van der Waals surface area contributed by atoms with Gasteiger partial charge in [0.1, 0.15) is 0 Å². The van der Waals surface area contributed by atoms with Crippen LogP contribution in [0.15, 0.2) is 0 Å². The van der Waals surface area contributed by atoms with E-state index in [9.17, 15) is 13.2 Å². The summed E-state index contributed by atoms with van der Waals surface area (Å²) in [6, 6.07) is 0. The molecule has 2 N–H and O–H groups in total. The molecule has 0 fully saturated rings. The minimum atomic E-state index is -3.12. The van der Waals surface area contributed by atoms with E-state index in [1.807, 2.05) is 20.8 Å². The molecule has 1 amide bonds. The predicted molar refractivity (Wildman–Crippen MR) is 64.5 cm³/mol. The van der Waals surface area contributed by atoms with Crippen molar-refractivity contribution in [2.45, 2.75) is 27.2 Å². The van der Waals surface area contributed by atoms with Crippen LogP contribution in [0, 0.1) is 11.8 Å². The molecule has 0 aromatic rings. The van der Waals surface area contributed by atoms with Gasteiger partial charge in [0.25, 0.3) is 0 Å². The molecule has 1 unspecified atom stereocenters. The van der Waals surface area contributed by atoms with Gasteiger partial charge in [-0.15, -0.1) is 0 Å². The molecule has 0 aliphatic rings. The Hall–Kier alpha value is -0.620. The first-order chi connectivity index (χ1) is 7.24. The maximum Gasteiger partial charge on any atom is 0.223 e. The summed E-state index contributed by atoms with van der Waals surface area (Å²) in [5.41, 5.74) is 0. The van der Waals surface area contributed by atoms with Crippen LogP contribution in [-0.2, 0) is 14.8 Å². The Morgan fingerprint density at radius 2 is 1.75 bits per heavy atom. The van der Waals surface area contributed by atoms with E-state index in [2.05, 4.69) is 10.0 Å². The summed E-state index contributed by atoms with van der Waals surface area (Å²) in [7, 11) is -3.12. The van der Waals surface area contributed by atoms with Crippen molar-refractivity contribution in [3.63, 3.8) is 0 Å². The van der Waals surface area contributed by atoms with Crippen molar-refractivity contribution in [1.82, 2.24) is 10.0 Å². The summed E-state index contributed by atoms with van der Waals surface area (Å²) in [6.45, 7) is 6.73. The van der Waals surface area contributed by atoms with Crippen LogP contribution in [0.4, 0.5) is 0 Å². The van der Waals surface area contributed by atoms with E-state index < -0.39 is 10.0 Å². The average Bonchev–Trinajstić information content (AvgIpc) is 2.13. The lowest BCUT2D eigenvalue weighted by atomic mass is 9.97. The zero-order chi connectivity index (χ0) is 12.8. The molecule has 0 aliphatic heterocycles. The van der Waals surface area contributed by atoms with E-state index in [-0.39, 0.29) is 11.8 Å². The van der Waals surface area contributed by atoms with Gasteiger partial charge in [0.15, 0.2) is 0 Å². The van der Waals surface area contributed by atoms with Crippen molar-refractivity contribution in [3.8, 4) is 0 Å². The molecule has 0 saturated heterocycles. The summed E-state index contributed by atoms with van der Waals surface area (Å²) < 4.78 is 23.8. The first-order valence-electron chi connectivity index (χ1n) is 5.46. The van der Waals surface area contributed by atoms with Crippen molar-refractivity contribution in [1.29, 1.82) is 0 Å². The highest BCUT2D eigenvalue weighted by molar-refractivity contribution is 7.88. The van der Waals surface area contributed by atoms with Crippen LogP contribution in [0.2, 0.25) is 0 Å². The third-order valence-electron chi connectivity index (χ3n) is 2.43. The highest BCUT2D eigenvalue weighted by Gasteiger charge is 2.15. The molecular formula is C10H22N2O3S. The van der Waals surface area contributed by atoms with Gasteiger partial charge in [0.2, 0.25) is 15.9 Å². The fourth-order valence-corrected chi connectivity index (χ4v) is 1.54. The maximum atomic E-state index is 11.5. The van der Waals surface area contributed by atoms with E-state index in [0.29, 0.717) is 25.4 Å². The SMILES string of the molecule is CC(C)C(C)C(=O)NCCCNS(C)(=O)=O. The van der Waals surface area contributed by atoms with Crippen LogP contribution in [-0.4, -0.2) is 33.7 Å². The number of rotatable bonds is 7. The third kappa shape index (κ3) is 7.64. The van der Waals surface area contributed by atoms with Gasteiger partial charge >= 0.3 is 0 Å². The standard InChI is InChI=1S/C10H22N2O3S/c1-8(2)9(3)10(13)11-6-5-7-12-16(4,14)15/h8-9,12H,5-7H2,1-4H3,(H,11,13). The van der Waals surface area contributed by atoms with E-state index in [1.54, 1.807) is 0 Å². The molecule has 6 heteroatoms. The van der Waals surface area contributed by atoms with Gasteiger partial charge in [-0.2, -0.15) is 0 Å². The minimum absolute atomic E-state index is 0.0112. The van der Waals surface area contributed by atoms with Crippen LogP contribution in [0.3, 0.4) is 0 Å². The van der Waals surface area contributed by atoms with E-state index in [1.165, 1.54) is 0 Å². The third-order valence-corrected chi connectivity index (χ3v) is 3.16. The van der Waals surface area contributed by atoms with Gasteiger partial charge in [-0.1, -0.05) is 20.8 Å². The molecule has 0 rings (SSSR count). The molecule has 0 heterocycles. The molecule has 16 heavy (non-hydrogen) atoms. The van der Waals surface area contributed by atoms with Gasteiger partial charge in [0, 0.05) is 19.0 Å². The Labute approximate surface area is 98.0 Å². The molecule has 0 aromatic carbocycles. The Morgan fingerprint density at radius 1 is 1.19 bits per heavy atom. The summed E-state index contributed by atoms with van der Waals surface area (Å²) in [4.78, 5) is 11.5. The zero-order valence-corrected chi connectivity index (χ0v) is 11.2. The summed E-state index contributed by atoms with van der Waals surface area (Å²) in [6.07, 6.45) is 1.72. The van der Waals surface area contributed by atoms with E-state index >= 15 is 0 Å². The van der Waals surface area contributed by atoms with Crippen molar-refractivity contribution in [2.24, 2.45) is 11.8 Å². The molecule has 0 spiro atoms. The molecule has 0 bridgehead atoms. The van der Waals surface area contributed by atoms with Gasteiger partial charge in [-0.25, -0.2) is 13.1 Å². The lowest BCUT2D eigenvalue weighted by Crippen LogP contribution is -2.34. The Balaban J connectivity index is 3.64. The second-order valence-corrected chi connectivity index (χ2v) is 6.18. The second-order valence-electron chi connectivity index (χ2n) is 4.34. The van der Waals surface area contributed by atoms with E-state index in [0.717, 1.165) is 6.26 Å². The van der Waals surface area contributed by atoms with Gasteiger partial charge in [-0.3, -0.25) is 4.79 Å². The largest absolute Gasteiger partial charge is 0.356 e. The average molecular weight is 250 g/mol. The normalized spacial score (nSPS) is 13.8. The topological polar surface area (TPSA) is 75.3 Å². The first kappa shape index (κ1) is 15.4. The lowest BCUT2D eigenvalue weighted by molar-refractivity contribution is -0.125. The Morgan fingerprint density at radius 3 is 2.19 bits per heavy atom. The minimum Gasteiger partial charge on any atom is -0.356 e. The first-order valence-corrected chi connectivity index (χ1v) is 7.35. The summed E-state index contributed by atoms with van der Waals surface area (Å²) >= 11 is 0. The Kier molecular flexibility index (Phi) is 6.59. The van der Waals surface area contributed by atoms with Gasteiger partial charge < -0.3 is 5.32 Å². The summed E-state index contributed by atoms with van der Waals surface area (Å²) in [5.74, 6) is 0.325. The highest BCUT2D eigenvalue weighted by atomic mass is 32.2. The molecule has 5 nitrogen and oxygen atoms in total. The molecule has 0 radical (unpaired) electrons. The Bertz CT molecular complexity index is 312. The van der Waals surface area contributed by atoms with Crippen LogP contribution < -0.4 is 10.0 Å². The number of carbonyl (C=O) groups excluding carboxylic acids is 1. The predicted octanol–water partition coefficient (Wildman–Crippen LogP) is 0.334. The molecular weight excluding hydrogens is 228 g/mol. The maximum absolute atomic E-state index is 11.5. The monoisotopic (exact) mass is 250 g/mol. The van der Waals surface area contributed by atoms with Crippen LogP contribution in [0.1, 0.15) is 27.2 Å². The number of sulfonamides is 1. The smallest absolute Gasteiger partial charge is 0.223 e. The number of hydrogen-bond donors (Lipinski definition) is 2. The van der Waals surface area contributed by atoms with Crippen LogP contribution in [0.5, 0.6) is 0 Å². The quantitative estimate of drug-likeness (QED) is 0.640. The number of amides is 1. The van der Waals surface area contributed by atoms with Crippen molar-refractivity contribution in [2.75, 3.05) is 19.3 Å². The lowest BCUT2D eigenvalue weighted by Gasteiger charge is -2.15. The molecule has 0 aliphatic carbocycles. The van der Waals surface area contributed by atoms with Crippen molar-refractivity contribution in [3.05, 3.63) is 0 Å². The molecule has 0 aromatic heterocycles. The fourth-order valence-electron chi connectivity index (χ4n) is 1.02. The zero-order valence-electron chi connectivity index (χ0n) is 10.4. The number of hydrogen-bond acceptors (Lipinski definition) is 3. The fraction of sp³-hybridized carbons (Fsp3) is 0.900. The van der Waals surface area contributed by atoms with Crippen LogP contribution in [0.25, 0.3) is 0 Å². The number of nitrogens with one attached hydrogen (secondary N) is 2. The van der Waals surface area contributed by atoms with Crippen LogP contribution >= 0.6 is 0 Å². The summed E-state index contributed by atoms with van der Waals surface area (Å²) in [5, 5.41) is 2.78. The van der Waals surface area contributed by atoms with Crippen molar-refractivity contribution < 1.29 is 13.2 Å². The number of carbonyl (C=O) groups is 1. The highest BCUT2D eigenvalue weighted by Crippen LogP contribution is 2.08. The van der Waals surface area contributed by atoms with Gasteiger partial charge in [-0.05, 0) is 12.3 Å². The molecule has 96 valence electrons. The van der Waals surface area contributed by atoms with Crippen molar-refractivity contribution >= 4 is 15.9 Å². The van der Waals surface area contributed by atoms with E-state index in [4.69, 9.17) is 0 Å².